The fourth-order valence-corrected chi connectivity index (χ4v) is 3.33. The van der Waals surface area contributed by atoms with Crippen LogP contribution in [0.25, 0.3) is 11.3 Å². The van der Waals surface area contributed by atoms with E-state index in [1.807, 2.05) is 54.8 Å². The average molecular weight is 373 g/mol. The van der Waals surface area contributed by atoms with E-state index in [1.54, 1.807) is 7.11 Å². The quantitative estimate of drug-likeness (QED) is 0.688. The second-order valence-corrected chi connectivity index (χ2v) is 6.88. The molecule has 0 aliphatic carbocycles. The van der Waals surface area contributed by atoms with Crippen molar-refractivity contribution >= 4 is 34.0 Å². The van der Waals surface area contributed by atoms with Crippen LogP contribution in [0.1, 0.15) is 11.1 Å². The van der Waals surface area contributed by atoms with Crippen LogP contribution in [0.4, 0.5) is 5.13 Å². The smallest absolute Gasteiger partial charge is 0.230 e. The summed E-state index contributed by atoms with van der Waals surface area (Å²) in [5.74, 6) is 0.586. The van der Waals surface area contributed by atoms with E-state index in [0.717, 1.165) is 22.4 Å². The van der Waals surface area contributed by atoms with Crippen molar-refractivity contribution in [2.75, 3.05) is 12.4 Å². The van der Waals surface area contributed by atoms with Gasteiger partial charge in [0, 0.05) is 21.5 Å². The number of amides is 1. The molecule has 0 saturated carbocycles. The predicted octanol–water partition coefficient (Wildman–Crippen LogP) is 4.96. The maximum atomic E-state index is 12.3. The Morgan fingerprint density at radius 1 is 1.24 bits per heavy atom. The van der Waals surface area contributed by atoms with Gasteiger partial charge >= 0.3 is 0 Å². The van der Waals surface area contributed by atoms with Crippen LogP contribution in [0.3, 0.4) is 0 Å². The van der Waals surface area contributed by atoms with Crippen molar-refractivity contribution in [3.8, 4) is 17.0 Å². The van der Waals surface area contributed by atoms with E-state index in [-0.39, 0.29) is 12.3 Å². The molecule has 3 aromatic rings. The number of nitrogens with one attached hydrogen (secondary N) is 1. The van der Waals surface area contributed by atoms with Crippen molar-refractivity contribution < 1.29 is 9.53 Å². The monoisotopic (exact) mass is 372 g/mol. The van der Waals surface area contributed by atoms with Crippen LogP contribution < -0.4 is 10.1 Å². The first-order chi connectivity index (χ1) is 12.0. The molecule has 0 radical (unpaired) electrons. The third-order valence-corrected chi connectivity index (χ3v) is 4.69. The van der Waals surface area contributed by atoms with Gasteiger partial charge in [0.25, 0.3) is 0 Å². The minimum absolute atomic E-state index is 0.124. The third-order valence-electron chi connectivity index (χ3n) is 3.68. The Kier molecular flexibility index (Phi) is 5.36. The van der Waals surface area contributed by atoms with Crippen LogP contribution in [0.5, 0.6) is 5.75 Å². The summed E-state index contributed by atoms with van der Waals surface area (Å²) in [5.41, 5.74) is 3.71. The number of anilines is 1. The number of carbonyl (C=O) groups is 1. The molecule has 1 amide bonds. The lowest BCUT2D eigenvalue weighted by Crippen LogP contribution is -2.14. The zero-order valence-electron chi connectivity index (χ0n) is 13.9. The molecule has 0 bridgehead atoms. The average Bonchev–Trinajstić information content (AvgIpc) is 3.04. The van der Waals surface area contributed by atoms with Crippen molar-refractivity contribution in [3.63, 3.8) is 0 Å². The SMILES string of the molecule is COc1ccc(C)cc1CC(=O)Nc1nc(-c2ccc(Cl)cc2)cs1. The molecule has 1 heterocycles. The number of thiazole rings is 1. The van der Waals surface area contributed by atoms with E-state index in [0.29, 0.717) is 15.9 Å². The molecule has 2 aromatic carbocycles. The lowest BCUT2D eigenvalue weighted by Gasteiger charge is -2.09. The number of benzene rings is 2. The summed E-state index contributed by atoms with van der Waals surface area (Å²) in [6.45, 7) is 1.99. The Morgan fingerprint density at radius 3 is 2.72 bits per heavy atom. The molecule has 6 heteroatoms. The summed E-state index contributed by atoms with van der Waals surface area (Å²) in [4.78, 5) is 16.8. The molecule has 1 N–H and O–H groups in total. The van der Waals surface area contributed by atoms with E-state index in [2.05, 4.69) is 10.3 Å². The summed E-state index contributed by atoms with van der Waals surface area (Å²) in [6, 6.07) is 13.2. The first kappa shape index (κ1) is 17.5. The second-order valence-electron chi connectivity index (χ2n) is 5.59. The standard InChI is InChI=1S/C19H17ClN2O2S/c1-12-3-8-17(24-2)14(9-12)10-18(23)22-19-21-16(11-25-19)13-4-6-15(20)7-5-13/h3-9,11H,10H2,1-2H3,(H,21,22,23). The second kappa shape index (κ2) is 7.68. The van der Waals surface area contributed by atoms with Gasteiger partial charge in [-0.15, -0.1) is 11.3 Å². The minimum Gasteiger partial charge on any atom is -0.496 e. The van der Waals surface area contributed by atoms with Gasteiger partial charge < -0.3 is 10.1 Å². The topological polar surface area (TPSA) is 51.2 Å². The summed E-state index contributed by atoms with van der Waals surface area (Å²) < 4.78 is 5.32. The van der Waals surface area contributed by atoms with Crippen molar-refractivity contribution in [1.29, 1.82) is 0 Å². The van der Waals surface area contributed by atoms with Crippen molar-refractivity contribution in [1.82, 2.24) is 4.98 Å². The molecule has 25 heavy (non-hydrogen) atoms. The Bertz CT molecular complexity index is 891. The number of nitrogens with zero attached hydrogens (tertiary/aromatic N) is 1. The van der Waals surface area contributed by atoms with Gasteiger partial charge in [0.05, 0.1) is 19.2 Å². The minimum atomic E-state index is -0.124. The van der Waals surface area contributed by atoms with Crippen LogP contribution in [0.2, 0.25) is 5.02 Å². The highest BCUT2D eigenvalue weighted by molar-refractivity contribution is 7.14. The van der Waals surface area contributed by atoms with Crippen LogP contribution in [-0.2, 0) is 11.2 Å². The van der Waals surface area contributed by atoms with E-state index in [9.17, 15) is 4.79 Å². The molecular weight excluding hydrogens is 356 g/mol. The van der Waals surface area contributed by atoms with Crippen LogP contribution >= 0.6 is 22.9 Å². The van der Waals surface area contributed by atoms with E-state index >= 15 is 0 Å². The lowest BCUT2D eigenvalue weighted by atomic mass is 10.1. The van der Waals surface area contributed by atoms with Crippen molar-refractivity contribution in [2.24, 2.45) is 0 Å². The molecule has 0 aliphatic heterocycles. The summed E-state index contributed by atoms with van der Waals surface area (Å²) in [7, 11) is 1.60. The van der Waals surface area contributed by atoms with Crippen LogP contribution in [0.15, 0.2) is 47.8 Å². The molecular formula is C19H17ClN2O2S. The van der Waals surface area contributed by atoms with Gasteiger partial charge in [0.2, 0.25) is 5.91 Å². The molecule has 0 aliphatic rings. The molecule has 1 aromatic heterocycles. The van der Waals surface area contributed by atoms with Gasteiger partial charge in [-0.2, -0.15) is 0 Å². The van der Waals surface area contributed by atoms with Gasteiger partial charge in [-0.1, -0.05) is 41.4 Å². The molecule has 0 fully saturated rings. The number of methoxy groups -OCH3 is 1. The third kappa shape index (κ3) is 4.38. The highest BCUT2D eigenvalue weighted by Gasteiger charge is 2.12. The first-order valence-corrected chi connectivity index (χ1v) is 8.96. The number of hydrogen-bond donors (Lipinski definition) is 1. The maximum absolute atomic E-state index is 12.3. The summed E-state index contributed by atoms with van der Waals surface area (Å²) >= 11 is 7.29. The Labute approximate surface area is 155 Å². The Morgan fingerprint density at radius 2 is 2.00 bits per heavy atom. The van der Waals surface area contributed by atoms with Gasteiger partial charge in [0.1, 0.15) is 5.75 Å². The Hall–Kier alpha value is -2.37. The highest BCUT2D eigenvalue weighted by atomic mass is 35.5. The number of halogens is 1. The van der Waals surface area contributed by atoms with Gasteiger partial charge in [-0.3, -0.25) is 4.79 Å². The molecule has 0 unspecified atom stereocenters. The fraction of sp³-hybridized carbons (Fsp3) is 0.158. The number of aromatic nitrogens is 1. The molecule has 0 spiro atoms. The number of aryl methyl sites for hydroxylation is 1. The normalized spacial score (nSPS) is 10.5. The fourth-order valence-electron chi connectivity index (χ4n) is 2.47. The van der Waals surface area contributed by atoms with Crippen molar-refractivity contribution in [3.05, 3.63) is 64.0 Å². The van der Waals surface area contributed by atoms with Crippen LogP contribution in [0, 0.1) is 6.92 Å². The number of carbonyl (C=O) groups excluding carboxylic acids is 1. The Balaban J connectivity index is 1.70. The largest absolute Gasteiger partial charge is 0.496 e. The lowest BCUT2D eigenvalue weighted by molar-refractivity contribution is -0.115. The van der Waals surface area contributed by atoms with E-state index in [1.165, 1.54) is 11.3 Å². The zero-order valence-corrected chi connectivity index (χ0v) is 15.4. The first-order valence-electron chi connectivity index (χ1n) is 7.70. The van der Waals surface area contributed by atoms with Gasteiger partial charge in [-0.05, 0) is 25.1 Å². The molecule has 4 nitrogen and oxygen atoms in total. The van der Waals surface area contributed by atoms with E-state index < -0.39 is 0 Å². The van der Waals surface area contributed by atoms with Crippen LogP contribution in [-0.4, -0.2) is 18.0 Å². The predicted molar refractivity (Wildman–Crippen MR) is 103 cm³/mol. The van der Waals surface area contributed by atoms with E-state index in [4.69, 9.17) is 16.3 Å². The molecule has 0 atom stereocenters. The summed E-state index contributed by atoms with van der Waals surface area (Å²) in [6.07, 6.45) is 0.237. The molecule has 3 rings (SSSR count). The summed E-state index contributed by atoms with van der Waals surface area (Å²) in [5, 5.41) is 6.01. The van der Waals surface area contributed by atoms with Gasteiger partial charge in [0.15, 0.2) is 5.13 Å². The number of ether oxygens (including phenoxy) is 1. The number of hydrogen-bond acceptors (Lipinski definition) is 4. The molecule has 128 valence electrons. The highest BCUT2D eigenvalue weighted by Crippen LogP contribution is 2.26. The maximum Gasteiger partial charge on any atom is 0.230 e. The number of rotatable bonds is 5. The molecule has 0 saturated heterocycles. The van der Waals surface area contributed by atoms with Gasteiger partial charge in [-0.25, -0.2) is 4.98 Å². The zero-order chi connectivity index (χ0) is 17.8. The van der Waals surface area contributed by atoms with Crippen molar-refractivity contribution in [2.45, 2.75) is 13.3 Å².